The minimum atomic E-state index is -0.791. The van der Waals surface area contributed by atoms with Crippen molar-refractivity contribution in [2.75, 3.05) is 13.2 Å². The third kappa shape index (κ3) is 8.87. The molecule has 0 aliphatic heterocycles. The first kappa shape index (κ1) is 16.8. The SMILES string of the molecule is CC(=O)N[C@H](CCN)C/C(C)=C/C/C(F)=C\CF. The summed E-state index contributed by atoms with van der Waals surface area (Å²) in [7, 11) is 0. The molecule has 5 heteroatoms. The normalized spacial score (nSPS) is 14.5. The maximum absolute atomic E-state index is 12.9. The first-order chi connectivity index (χ1) is 8.49. The van der Waals surface area contributed by atoms with Gasteiger partial charge in [-0.05, 0) is 32.4 Å². The molecule has 0 heterocycles. The summed E-state index contributed by atoms with van der Waals surface area (Å²) in [4.78, 5) is 11.0. The Morgan fingerprint density at radius 2 is 2.06 bits per heavy atom. The highest BCUT2D eigenvalue weighted by molar-refractivity contribution is 5.73. The summed E-state index contributed by atoms with van der Waals surface area (Å²) in [6, 6.07) is -0.0306. The maximum Gasteiger partial charge on any atom is 0.217 e. The van der Waals surface area contributed by atoms with Crippen LogP contribution in [-0.4, -0.2) is 25.2 Å². The van der Waals surface area contributed by atoms with E-state index in [1.807, 2.05) is 6.92 Å². The summed E-state index contributed by atoms with van der Waals surface area (Å²) in [6.45, 7) is 3.00. The quantitative estimate of drug-likeness (QED) is 0.658. The van der Waals surface area contributed by atoms with Gasteiger partial charge in [0.05, 0.1) is 0 Å². The van der Waals surface area contributed by atoms with Gasteiger partial charge < -0.3 is 11.1 Å². The Kier molecular flexibility index (Phi) is 9.10. The molecule has 3 N–H and O–H groups in total. The smallest absolute Gasteiger partial charge is 0.217 e. The van der Waals surface area contributed by atoms with Crippen LogP contribution in [0.5, 0.6) is 0 Å². The van der Waals surface area contributed by atoms with Crippen molar-refractivity contribution in [3.05, 3.63) is 23.6 Å². The first-order valence-electron chi connectivity index (χ1n) is 6.02. The lowest BCUT2D eigenvalue weighted by Crippen LogP contribution is -2.34. The van der Waals surface area contributed by atoms with Crippen molar-refractivity contribution < 1.29 is 13.6 Å². The number of amides is 1. The monoisotopic (exact) mass is 260 g/mol. The fourth-order valence-electron chi connectivity index (χ4n) is 1.62. The van der Waals surface area contributed by atoms with Crippen LogP contribution >= 0.6 is 0 Å². The Balaban J connectivity index is 4.30. The second kappa shape index (κ2) is 9.76. The molecule has 0 spiro atoms. The lowest BCUT2D eigenvalue weighted by molar-refractivity contribution is -0.119. The largest absolute Gasteiger partial charge is 0.353 e. The molecule has 0 aromatic carbocycles. The van der Waals surface area contributed by atoms with E-state index in [0.717, 1.165) is 11.6 Å². The van der Waals surface area contributed by atoms with Crippen LogP contribution in [0.3, 0.4) is 0 Å². The molecule has 0 bridgehead atoms. The van der Waals surface area contributed by atoms with Crippen LogP contribution in [0.2, 0.25) is 0 Å². The van der Waals surface area contributed by atoms with Gasteiger partial charge in [-0.25, -0.2) is 8.78 Å². The van der Waals surface area contributed by atoms with E-state index in [-0.39, 0.29) is 18.4 Å². The third-order valence-corrected chi connectivity index (χ3v) is 2.44. The fourth-order valence-corrected chi connectivity index (χ4v) is 1.62. The summed E-state index contributed by atoms with van der Waals surface area (Å²) in [5, 5.41) is 2.80. The lowest BCUT2D eigenvalue weighted by Gasteiger charge is -2.17. The number of carbonyl (C=O) groups excluding carboxylic acids is 1. The number of allylic oxidation sites excluding steroid dienone is 3. The van der Waals surface area contributed by atoms with E-state index in [9.17, 15) is 13.6 Å². The third-order valence-electron chi connectivity index (χ3n) is 2.44. The predicted molar refractivity (Wildman–Crippen MR) is 69.4 cm³/mol. The van der Waals surface area contributed by atoms with Gasteiger partial charge in [-0.3, -0.25) is 4.79 Å². The summed E-state index contributed by atoms with van der Waals surface area (Å²) in [5.41, 5.74) is 6.41. The van der Waals surface area contributed by atoms with Gasteiger partial charge in [-0.2, -0.15) is 0 Å². The zero-order valence-electron chi connectivity index (χ0n) is 11.0. The van der Waals surface area contributed by atoms with Gasteiger partial charge in [0.25, 0.3) is 0 Å². The molecule has 0 unspecified atom stereocenters. The van der Waals surface area contributed by atoms with Crippen molar-refractivity contribution in [2.24, 2.45) is 5.73 Å². The highest BCUT2D eigenvalue weighted by Gasteiger charge is 2.09. The molecule has 3 nitrogen and oxygen atoms in total. The first-order valence-corrected chi connectivity index (χ1v) is 6.02. The van der Waals surface area contributed by atoms with Crippen molar-refractivity contribution >= 4 is 5.91 Å². The molecule has 0 fully saturated rings. The number of halogens is 2. The van der Waals surface area contributed by atoms with Crippen molar-refractivity contribution in [1.82, 2.24) is 5.32 Å². The van der Waals surface area contributed by atoms with E-state index >= 15 is 0 Å². The number of alkyl halides is 1. The molecule has 0 saturated carbocycles. The van der Waals surface area contributed by atoms with Gasteiger partial charge in [0.1, 0.15) is 12.5 Å². The Labute approximate surface area is 107 Å². The van der Waals surface area contributed by atoms with Crippen molar-refractivity contribution in [2.45, 2.75) is 39.2 Å². The Morgan fingerprint density at radius 1 is 1.39 bits per heavy atom. The number of rotatable bonds is 8. The second-order valence-electron chi connectivity index (χ2n) is 4.24. The fraction of sp³-hybridized carbons (Fsp3) is 0.615. The molecule has 1 amide bonds. The van der Waals surface area contributed by atoms with Crippen molar-refractivity contribution in [3.63, 3.8) is 0 Å². The molecule has 18 heavy (non-hydrogen) atoms. The van der Waals surface area contributed by atoms with Crippen molar-refractivity contribution in [3.8, 4) is 0 Å². The van der Waals surface area contributed by atoms with E-state index in [1.54, 1.807) is 6.08 Å². The Morgan fingerprint density at radius 3 is 2.56 bits per heavy atom. The maximum atomic E-state index is 12.9. The topological polar surface area (TPSA) is 55.1 Å². The number of hydrogen-bond acceptors (Lipinski definition) is 2. The molecule has 0 aromatic rings. The van der Waals surface area contributed by atoms with Crippen molar-refractivity contribution in [1.29, 1.82) is 0 Å². The van der Waals surface area contributed by atoms with Gasteiger partial charge in [-0.15, -0.1) is 0 Å². The highest BCUT2D eigenvalue weighted by atomic mass is 19.1. The van der Waals surface area contributed by atoms with Gasteiger partial charge in [0, 0.05) is 19.4 Å². The average Bonchev–Trinajstić information content (AvgIpc) is 2.26. The summed E-state index contributed by atoms with van der Waals surface area (Å²) in [6.07, 6.45) is 4.00. The van der Waals surface area contributed by atoms with Crippen LogP contribution in [0.4, 0.5) is 8.78 Å². The van der Waals surface area contributed by atoms with Gasteiger partial charge in [-0.1, -0.05) is 11.6 Å². The molecule has 0 saturated heterocycles. The zero-order chi connectivity index (χ0) is 14.0. The average molecular weight is 260 g/mol. The summed E-state index contributed by atoms with van der Waals surface area (Å²) >= 11 is 0. The van der Waals surface area contributed by atoms with E-state index in [4.69, 9.17) is 5.73 Å². The molecular weight excluding hydrogens is 238 g/mol. The number of carbonyl (C=O) groups is 1. The van der Waals surface area contributed by atoms with Crippen LogP contribution in [0.1, 0.15) is 33.1 Å². The molecule has 0 aliphatic carbocycles. The highest BCUT2D eigenvalue weighted by Crippen LogP contribution is 2.12. The molecule has 0 aromatic heterocycles. The Hall–Kier alpha value is -1.23. The van der Waals surface area contributed by atoms with Gasteiger partial charge >= 0.3 is 0 Å². The Bertz CT molecular complexity index is 314. The number of nitrogens with one attached hydrogen (secondary N) is 1. The zero-order valence-corrected chi connectivity index (χ0v) is 11.0. The second-order valence-corrected chi connectivity index (χ2v) is 4.24. The van der Waals surface area contributed by atoms with E-state index in [1.165, 1.54) is 6.92 Å². The molecule has 0 rings (SSSR count). The molecule has 0 aliphatic rings. The molecule has 104 valence electrons. The van der Waals surface area contributed by atoms with Gasteiger partial charge in [0.15, 0.2) is 0 Å². The van der Waals surface area contributed by atoms with Crippen LogP contribution in [-0.2, 0) is 4.79 Å². The van der Waals surface area contributed by atoms with E-state index < -0.39 is 12.5 Å². The number of hydrogen-bond donors (Lipinski definition) is 2. The van der Waals surface area contributed by atoms with Crippen LogP contribution in [0.15, 0.2) is 23.6 Å². The van der Waals surface area contributed by atoms with Crippen LogP contribution < -0.4 is 11.1 Å². The van der Waals surface area contributed by atoms with Gasteiger partial charge in [0.2, 0.25) is 5.91 Å². The van der Waals surface area contributed by atoms with Crippen LogP contribution in [0.25, 0.3) is 0 Å². The minimum Gasteiger partial charge on any atom is -0.353 e. The minimum absolute atomic E-state index is 0.0306. The lowest BCUT2D eigenvalue weighted by atomic mass is 10.0. The summed E-state index contributed by atoms with van der Waals surface area (Å²) < 4.78 is 24.8. The predicted octanol–water partition coefficient (Wildman–Crippen LogP) is 2.39. The van der Waals surface area contributed by atoms with E-state index in [0.29, 0.717) is 19.4 Å². The molecule has 0 radical (unpaired) electrons. The summed E-state index contributed by atoms with van der Waals surface area (Å²) in [5.74, 6) is -0.587. The molecule has 1 atom stereocenters. The van der Waals surface area contributed by atoms with E-state index in [2.05, 4.69) is 5.32 Å². The standard InChI is InChI=1S/C13H22F2N2O/c1-10(3-4-12(15)5-7-14)9-13(6-8-16)17-11(2)18/h3,5,13H,4,6-9,16H2,1-2H3,(H,17,18)/b10-3+,12-5+/t13-/m1/s1. The number of nitrogens with two attached hydrogens (primary N) is 1. The van der Waals surface area contributed by atoms with Crippen LogP contribution in [0, 0.1) is 0 Å². The molecular formula is C13H22F2N2O.